The molecule has 2 unspecified atom stereocenters. The molecule has 0 aromatic heterocycles. The highest BCUT2D eigenvalue weighted by atomic mass is 79.9. The minimum atomic E-state index is -0.0209. The minimum absolute atomic E-state index is 0.0209. The van der Waals surface area contributed by atoms with Gasteiger partial charge in [0.1, 0.15) is 0 Å². The lowest BCUT2D eigenvalue weighted by molar-refractivity contribution is -0.131. The van der Waals surface area contributed by atoms with Crippen molar-refractivity contribution in [2.75, 3.05) is 13.6 Å². The first kappa shape index (κ1) is 14.2. The highest BCUT2D eigenvalue weighted by Gasteiger charge is 2.22. The molecule has 0 radical (unpaired) electrons. The van der Waals surface area contributed by atoms with Crippen LogP contribution in [0.4, 0.5) is 0 Å². The Morgan fingerprint density at radius 2 is 1.94 bits per heavy atom. The molecule has 1 rings (SSSR count). The molecule has 0 saturated heterocycles. The predicted octanol–water partition coefficient (Wildman–Crippen LogP) is 3.42. The summed E-state index contributed by atoms with van der Waals surface area (Å²) >= 11 is 3.48. The van der Waals surface area contributed by atoms with Crippen molar-refractivity contribution in [1.82, 2.24) is 4.90 Å². The van der Waals surface area contributed by atoms with Gasteiger partial charge >= 0.3 is 0 Å². The van der Waals surface area contributed by atoms with Crippen LogP contribution in [0.2, 0.25) is 0 Å². The number of carbonyl (C=O) groups excluding carboxylic acids is 1. The van der Waals surface area contributed by atoms with Crippen molar-refractivity contribution in [1.29, 1.82) is 0 Å². The number of amides is 1. The summed E-state index contributed by atoms with van der Waals surface area (Å²) in [4.78, 5) is 14.4. The van der Waals surface area contributed by atoms with Gasteiger partial charge in [0.05, 0.1) is 5.92 Å². The number of benzene rings is 1. The third-order valence-corrected chi connectivity index (χ3v) is 3.10. The number of hydrogen-bond acceptors (Lipinski definition) is 1. The van der Waals surface area contributed by atoms with Crippen LogP contribution in [0.15, 0.2) is 30.3 Å². The molecule has 94 valence electrons. The Morgan fingerprint density at radius 3 is 2.41 bits per heavy atom. The second-order valence-electron chi connectivity index (χ2n) is 4.37. The Kier molecular flexibility index (Phi) is 5.69. The molecule has 0 bridgehead atoms. The maximum Gasteiger partial charge on any atom is 0.229 e. The molecule has 1 aromatic rings. The minimum Gasteiger partial charge on any atom is -0.344 e. The third kappa shape index (κ3) is 4.15. The van der Waals surface area contributed by atoms with Gasteiger partial charge < -0.3 is 4.90 Å². The lowest BCUT2D eigenvalue weighted by Crippen LogP contribution is -2.35. The maximum absolute atomic E-state index is 12.3. The first-order valence-corrected chi connectivity index (χ1v) is 6.91. The molecule has 0 N–H and O–H groups in total. The molecule has 2 nitrogen and oxygen atoms in total. The van der Waals surface area contributed by atoms with E-state index in [9.17, 15) is 4.79 Å². The summed E-state index contributed by atoms with van der Waals surface area (Å²) in [5.74, 6) is 0.178. The molecule has 2 atom stereocenters. The second kappa shape index (κ2) is 6.80. The Balaban J connectivity index is 2.78. The van der Waals surface area contributed by atoms with Gasteiger partial charge in [-0.05, 0) is 12.0 Å². The normalized spacial score (nSPS) is 14.1. The zero-order valence-corrected chi connectivity index (χ0v) is 12.3. The van der Waals surface area contributed by atoms with E-state index in [-0.39, 0.29) is 11.8 Å². The van der Waals surface area contributed by atoms with Crippen LogP contribution in [-0.4, -0.2) is 29.2 Å². The zero-order valence-electron chi connectivity index (χ0n) is 10.7. The fourth-order valence-corrected chi connectivity index (χ4v) is 2.41. The molecule has 0 aliphatic heterocycles. The summed E-state index contributed by atoms with van der Waals surface area (Å²) in [5, 5.41) is 0. The van der Waals surface area contributed by atoms with Gasteiger partial charge in [-0.1, -0.05) is 60.1 Å². The molecule has 0 spiro atoms. The van der Waals surface area contributed by atoms with Gasteiger partial charge in [-0.25, -0.2) is 0 Å². The van der Waals surface area contributed by atoms with Crippen LogP contribution in [-0.2, 0) is 4.79 Å². The lowest BCUT2D eigenvalue weighted by atomic mass is 9.95. The van der Waals surface area contributed by atoms with E-state index >= 15 is 0 Å². The highest BCUT2D eigenvalue weighted by molar-refractivity contribution is 9.09. The van der Waals surface area contributed by atoms with Crippen LogP contribution in [0.1, 0.15) is 31.7 Å². The van der Waals surface area contributed by atoms with Crippen molar-refractivity contribution >= 4 is 21.8 Å². The van der Waals surface area contributed by atoms with Crippen LogP contribution in [0, 0.1) is 0 Å². The maximum atomic E-state index is 12.3. The molecular weight excluding hydrogens is 278 g/mol. The quantitative estimate of drug-likeness (QED) is 0.763. The summed E-state index contributed by atoms with van der Waals surface area (Å²) in [5.41, 5.74) is 1.11. The van der Waals surface area contributed by atoms with E-state index in [0.717, 1.165) is 18.5 Å². The third-order valence-electron chi connectivity index (χ3n) is 2.81. The van der Waals surface area contributed by atoms with Crippen LogP contribution in [0.25, 0.3) is 0 Å². The summed E-state index contributed by atoms with van der Waals surface area (Å²) in [6, 6.07) is 10.00. The van der Waals surface area contributed by atoms with Crippen molar-refractivity contribution in [3.63, 3.8) is 0 Å². The smallest absolute Gasteiger partial charge is 0.229 e. The van der Waals surface area contributed by atoms with Gasteiger partial charge in [-0.15, -0.1) is 0 Å². The number of rotatable bonds is 5. The summed E-state index contributed by atoms with van der Waals surface area (Å²) < 4.78 is 0. The number of likely N-dealkylation sites (N-methyl/N-ethyl adjacent to an activating group) is 1. The van der Waals surface area contributed by atoms with E-state index in [1.165, 1.54) is 0 Å². The fourth-order valence-electron chi connectivity index (χ4n) is 1.97. The van der Waals surface area contributed by atoms with Gasteiger partial charge in [-0.3, -0.25) is 4.79 Å². The SMILES string of the molecule is CCC(C(=O)N(C)CC(C)Br)c1ccccc1. The standard InChI is InChI=1S/C14H20BrNO/c1-4-13(12-8-6-5-7-9-12)14(17)16(3)10-11(2)15/h5-9,11,13H,4,10H2,1-3H3. The lowest BCUT2D eigenvalue weighted by Gasteiger charge is -2.24. The Hall–Kier alpha value is -0.830. The number of halogens is 1. The Morgan fingerprint density at radius 1 is 1.35 bits per heavy atom. The van der Waals surface area contributed by atoms with E-state index in [1.54, 1.807) is 4.90 Å². The van der Waals surface area contributed by atoms with Crippen molar-refractivity contribution in [2.45, 2.75) is 31.0 Å². The van der Waals surface area contributed by atoms with E-state index in [1.807, 2.05) is 44.3 Å². The summed E-state index contributed by atoms with van der Waals surface area (Å²) in [6.45, 7) is 4.84. The molecular formula is C14H20BrNO. The van der Waals surface area contributed by atoms with E-state index in [4.69, 9.17) is 0 Å². The Labute approximate surface area is 112 Å². The number of carbonyl (C=O) groups is 1. The van der Waals surface area contributed by atoms with E-state index in [0.29, 0.717) is 4.83 Å². The van der Waals surface area contributed by atoms with Crippen molar-refractivity contribution in [3.8, 4) is 0 Å². The highest BCUT2D eigenvalue weighted by Crippen LogP contribution is 2.21. The van der Waals surface area contributed by atoms with Gasteiger partial charge in [-0.2, -0.15) is 0 Å². The first-order chi connectivity index (χ1) is 8.06. The molecule has 0 fully saturated rings. The number of hydrogen-bond donors (Lipinski definition) is 0. The fraction of sp³-hybridized carbons (Fsp3) is 0.500. The van der Waals surface area contributed by atoms with Gasteiger partial charge in [0.25, 0.3) is 0 Å². The van der Waals surface area contributed by atoms with Crippen molar-refractivity contribution < 1.29 is 4.79 Å². The molecule has 0 aliphatic rings. The second-order valence-corrected chi connectivity index (χ2v) is 5.93. The van der Waals surface area contributed by atoms with E-state index in [2.05, 4.69) is 22.9 Å². The molecule has 17 heavy (non-hydrogen) atoms. The van der Waals surface area contributed by atoms with Crippen molar-refractivity contribution in [2.24, 2.45) is 0 Å². The zero-order chi connectivity index (χ0) is 12.8. The van der Waals surface area contributed by atoms with Crippen LogP contribution in [0.3, 0.4) is 0 Å². The van der Waals surface area contributed by atoms with Crippen LogP contribution < -0.4 is 0 Å². The van der Waals surface area contributed by atoms with Gasteiger partial charge in [0.15, 0.2) is 0 Å². The number of alkyl halides is 1. The molecule has 0 heterocycles. The summed E-state index contributed by atoms with van der Waals surface area (Å²) in [7, 11) is 1.87. The van der Waals surface area contributed by atoms with Gasteiger partial charge in [0.2, 0.25) is 5.91 Å². The summed E-state index contributed by atoms with van der Waals surface area (Å²) in [6.07, 6.45) is 0.837. The van der Waals surface area contributed by atoms with E-state index < -0.39 is 0 Å². The molecule has 3 heteroatoms. The molecule has 0 saturated carbocycles. The molecule has 1 aromatic carbocycles. The van der Waals surface area contributed by atoms with Crippen molar-refractivity contribution in [3.05, 3.63) is 35.9 Å². The topological polar surface area (TPSA) is 20.3 Å². The molecule has 1 amide bonds. The molecule has 0 aliphatic carbocycles. The average Bonchev–Trinajstić information content (AvgIpc) is 2.30. The monoisotopic (exact) mass is 297 g/mol. The largest absolute Gasteiger partial charge is 0.344 e. The first-order valence-electron chi connectivity index (χ1n) is 6.00. The van der Waals surface area contributed by atoms with Crippen LogP contribution in [0.5, 0.6) is 0 Å². The average molecular weight is 298 g/mol. The number of nitrogens with zero attached hydrogens (tertiary/aromatic N) is 1. The van der Waals surface area contributed by atoms with Crippen LogP contribution >= 0.6 is 15.9 Å². The predicted molar refractivity (Wildman–Crippen MR) is 75.5 cm³/mol. The Bertz CT molecular complexity index is 350. The van der Waals surface area contributed by atoms with Gasteiger partial charge in [0, 0.05) is 18.4 Å².